The first-order valence-corrected chi connectivity index (χ1v) is 6.36. The number of hydrogen-bond acceptors (Lipinski definition) is 4. The highest BCUT2D eigenvalue weighted by Gasteiger charge is 2.31. The minimum absolute atomic E-state index is 0.165. The van der Waals surface area contributed by atoms with E-state index >= 15 is 0 Å². The molecule has 1 saturated heterocycles. The number of nitrogens with one attached hydrogen (secondary N) is 2. The summed E-state index contributed by atoms with van der Waals surface area (Å²) in [7, 11) is 0. The molecule has 1 aliphatic heterocycles. The van der Waals surface area contributed by atoms with Gasteiger partial charge in [0.1, 0.15) is 6.04 Å². The molecule has 4 nitrogen and oxygen atoms in total. The minimum atomic E-state index is -0.253. The van der Waals surface area contributed by atoms with Gasteiger partial charge >= 0.3 is 5.97 Å². The average molecular weight is 248 g/mol. The Bertz CT molecular complexity index is 445. The van der Waals surface area contributed by atoms with Gasteiger partial charge in [0.2, 0.25) is 0 Å². The third-order valence-corrected chi connectivity index (χ3v) is 3.41. The molecule has 0 bridgehead atoms. The maximum atomic E-state index is 11.6. The van der Waals surface area contributed by atoms with E-state index in [2.05, 4.69) is 42.9 Å². The smallest absolute Gasteiger partial charge is 0.324 e. The van der Waals surface area contributed by atoms with Crippen LogP contribution in [0.1, 0.15) is 36.1 Å². The van der Waals surface area contributed by atoms with Crippen LogP contribution in [0.25, 0.3) is 0 Å². The van der Waals surface area contributed by atoms with Gasteiger partial charge in [0, 0.05) is 6.04 Å². The Balaban J connectivity index is 2.04. The molecule has 1 heterocycles. The molecule has 1 aromatic rings. The molecule has 0 spiro atoms. The van der Waals surface area contributed by atoms with Crippen molar-refractivity contribution in [2.24, 2.45) is 0 Å². The molecular weight excluding hydrogens is 228 g/mol. The quantitative estimate of drug-likeness (QED) is 0.801. The summed E-state index contributed by atoms with van der Waals surface area (Å²) in [6.45, 7) is 6.44. The number of esters is 1. The number of benzene rings is 1. The SMILES string of the molecule is CCOC(=O)C1CC(c2ccc(C)c(C)c2)NN1. The van der Waals surface area contributed by atoms with Crippen LogP contribution in [0.3, 0.4) is 0 Å². The molecule has 18 heavy (non-hydrogen) atoms. The lowest BCUT2D eigenvalue weighted by Gasteiger charge is -2.11. The Morgan fingerprint density at radius 3 is 2.78 bits per heavy atom. The van der Waals surface area contributed by atoms with Crippen molar-refractivity contribution in [3.8, 4) is 0 Å². The molecule has 1 aliphatic rings. The van der Waals surface area contributed by atoms with Gasteiger partial charge in [-0.2, -0.15) is 0 Å². The molecule has 2 unspecified atom stereocenters. The van der Waals surface area contributed by atoms with Gasteiger partial charge in [-0.1, -0.05) is 18.2 Å². The van der Waals surface area contributed by atoms with Crippen molar-refractivity contribution in [3.05, 3.63) is 34.9 Å². The second kappa shape index (κ2) is 5.50. The van der Waals surface area contributed by atoms with E-state index in [1.165, 1.54) is 16.7 Å². The second-order valence-corrected chi connectivity index (χ2v) is 4.73. The number of aryl methyl sites for hydroxylation is 2. The van der Waals surface area contributed by atoms with Gasteiger partial charge in [0.05, 0.1) is 6.61 Å². The molecule has 98 valence electrons. The highest BCUT2D eigenvalue weighted by atomic mass is 16.5. The zero-order valence-corrected chi connectivity index (χ0v) is 11.1. The van der Waals surface area contributed by atoms with Crippen LogP contribution >= 0.6 is 0 Å². The van der Waals surface area contributed by atoms with Crippen LogP contribution in [0.15, 0.2) is 18.2 Å². The Kier molecular flexibility index (Phi) is 3.99. The molecule has 0 radical (unpaired) electrons. The largest absolute Gasteiger partial charge is 0.465 e. The lowest BCUT2D eigenvalue weighted by atomic mass is 9.98. The zero-order chi connectivity index (χ0) is 13.1. The van der Waals surface area contributed by atoms with Gasteiger partial charge < -0.3 is 4.74 Å². The number of hydrazine groups is 1. The highest BCUT2D eigenvalue weighted by molar-refractivity contribution is 5.76. The fourth-order valence-corrected chi connectivity index (χ4v) is 2.15. The van der Waals surface area contributed by atoms with Crippen LogP contribution in [0.4, 0.5) is 0 Å². The van der Waals surface area contributed by atoms with Gasteiger partial charge in [-0.25, -0.2) is 10.9 Å². The molecule has 1 fully saturated rings. The predicted octanol–water partition coefficient (Wildman–Crippen LogP) is 1.77. The van der Waals surface area contributed by atoms with Crippen molar-refractivity contribution in [2.45, 2.75) is 39.3 Å². The van der Waals surface area contributed by atoms with Gasteiger partial charge in [-0.05, 0) is 43.9 Å². The molecule has 0 aliphatic carbocycles. The third kappa shape index (κ3) is 2.71. The van der Waals surface area contributed by atoms with Crippen LogP contribution in [0.2, 0.25) is 0 Å². The molecular formula is C14H20N2O2. The Morgan fingerprint density at radius 1 is 1.33 bits per heavy atom. The van der Waals surface area contributed by atoms with E-state index in [0.29, 0.717) is 6.61 Å². The summed E-state index contributed by atoms with van der Waals surface area (Å²) in [6.07, 6.45) is 0.724. The Morgan fingerprint density at radius 2 is 2.11 bits per heavy atom. The monoisotopic (exact) mass is 248 g/mol. The summed E-state index contributed by atoms with van der Waals surface area (Å²) in [5, 5.41) is 0. The van der Waals surface area contributed by atoms with Gasteiger partial charge in [-0.3, -0.25) is 4.79 Å². The predicted molar refractivity (Wildman–Crippen MR) is 70.0 cm³/mol. The molecule has 2 N–H and O–H groups in total. The van der Waals surface area contributed by atoms with Crippen LogP contribution in [0.5, 0.6) is 0 Å². The number of carbonyl (C=O) groups excluding carboxylic acids is 1. The van der Waals surface area contributed by atoms with Crippen molar-refractivity contribution in [1.82, 2.24) is 10.9 Å². The first-order chi connectivity index (χ1) is 8.61. The van der Waals surface area contributed by atoms with E-state index in [1.54, 1.807) is 0 Å². The summed E-state index contributed by atoms with van der Waals surface area (Å²) in [4.78, 5) is 11.6. The lowest BCUT2D eigenvalue weighted by molar-refractivity contribution is -0.145. The summed E-state index contributed by atoms with van der Waals surface area (Å²) < 4.78 is 5.01. The summed E-state index contributed by atoms with van der Waals surface area (Å²) >= 11 is 0. The van der Waals surface area contributed by atoms with Crippen LogP contribution in [0, 0.1) is 13.8 Å². The van der Waals surface area contributed by atoms with E-state index in [4.69, 9.17) is 4.74 Å². The highest BCUT2D eigenvalue weighted by Crippen LogP contribution is 2.24. The van der Waals surface area contributed by atoms with Crippen molar-refractivity contribution in [2.75, 3.05) is 6.61 Å². The van der Waals surface area contributed by atoms with E-state index < -0.39 is 0 Å². The summed E-state index contributed by atoms with van der Waals surface area (Å²) in [6, 6.07) is 6.30. The summed E-state index contributed by atoms with van der Waals surface area (Å²) in [5.41, 5.74) is 9.92. The number of hydrogen-bond donors (Lipinski definition) is 2. The topological polar surface area (TPSA) is 50.4 Å². The van der Waals surface area contributed by atoms with E-state index in [1.807, 2.05) is 6.92 Å². The van der Waals surface area contributed by atoms with Crippen LogP contribution in [-0.4, -0.2) is 18.6 Å². The number of rotatable bonds is 3. The fraction of sp³-hybridized carbons (Fsp3) is 0.500. The van der Waals surface area contributed by atoms with E-state index in [0.717, 1.165) is 6.42 Å². The molecule has 4 heteroatoms. The van der Waals surface area contributed by atoms with Crippen molar-refractivity contribution in [1.29, 1.82) is 0 Å². The maximum Gasteiger partial charge on any atom is 0.324 e. The summed E-state index contributed by atoms with van der Waals surface area (Å²) in [5.74, 6) is -0.184. The standard InChI is InChI=1S/C14H20N2O2/c1-4-18-14(17)13-8-12(15-16-13)11-6-5-9(2)10(3)7-11/h5-7,12-13,15-16H,4,8H2,1-3H3. The normalized spacial score (nSPS) is 23.1. The van der Waals surface area contributed by atoms with E-state index in [-0.39, 0.29) is 18.1 Å². The molecule has 0 aromatic heterocycles. The van der Waals surface area contributed by atoms with Gasteiger partial charge in [-0.15, -0.1) is 0 Å². The van der Waals surface area contributed by atoms with Gasteiger partial charge in [0.25, 0.3) is 0 Å². The molecule has 2 atom stereocenters. The second-order valence-electron chi connectivity index (χ2n) is 4.73. The van der Waals surface area contributed by atoms with Crippen molar-refractivity contribution >= 4 is 5.97 Å². The Labute approximate surface area is 108 Å². The Hall–Kier alpha value is -1.39. The number of ether oxygens (including phenoxy) is 1. The first-order valence-electron chi connectivity index (χ1n) is 6.36. The molecule has 1 aromatic carbocycles. The zero-order valence-electron chi connectivity index (χ0n) is 11.1. The molecule has 0 saturated carbocycles. The van der Waals surface area contributed by atoms with Crippen LogP contribution < -0.4 is 10.9 Å². The average Bonchev–Trinajstić information content (AvgIpc) is 2.82. The minimum Gasteiger partial charge on any atom is -0.465 e. The third-order valence-electron chi connectivity index (χ3n) is 3.41. The first kappa shape index (κ1) is 13.1. The maximum absolute atomic E-state index is 11.6. The van der Waals surface area contributed by atoms with Crippen molar-refractivity contribution < 1.29 is 9.53 Å². The number of carbonyl (C=O) groups is 1. The van der Waals surface area contributed by atoms with Gasteiger partial charge in [0.15, 0.2) is 0 Å². The fourth-order valence-electron chi connectivity index (χ4n) is 2.15. The molecule has 0 amide bonds. The molecule has 2 rings (SSSR count). The lowest BCUT2D eigenvalue weighted by Crippen LogP contribution is -2.37. The van der Waals surface area contributed by atoms with Crippen molar-refractivity contribution in [3.63, 3.8) is 0 Å². The van der Waals surface area contributed by atoms with E-state index in [9.17, 15) is 4.79 Å². The van der Waals surface area contributed by atoms with Crippen LogP contribution in [-0.2, 0) is 9.53 Å².